The van der Waals surface area contributed by atoms with Gasteiger partial charge in [0.2, 0.25) is 5.76 Å². The number of aromatic carboxylic acids is 1. The lowest BCUT2D eigenvalue weighted by Crippen LogP contribution is -2.08. The van der Waals surface area contributed by atoms with E-state index in [-0.39, 0.29) is 11.3 Å². The van der Waals surface area contributed by atoms with Gasteiger partial charge in [0, 0.05) is 6.07 Å². The van der Waals surface area contributed by atoms with Crippen molar-refractivity contribution >= 4 is 16.9 Å². The first-order valence-electron chi connectivity index (χ1n) is 5.45. The van der Waals surface area contributed by atoms with Crippen molar-refractivity contribution in [1.82, 2.24) is 0 Å². The number of rotatable bonds is 3. The molecule has 0 radical (unpaired) electrons. The average molecular weight is 248 g/mol. The van der Waals surface area contributed by atoms with Crippen LogP contribution in [0, 0.1) is 0 Å². The van der Waals surface area contributed by atoms with Gasteiger partial charge >= 0.3 is 5.97 Å². The summed E-state index contributed by atoms with van der Waals surface area (Å²) in [5, 5.41) is 18.4. The van der Waals surface area contributed by atoms with E-state index < -0.39 is 17.5 Å². The predicted octanol–water partition coefficient (Wildman–Crippen LogP) is 1.41. The third-order valence-corrected chi connectivity index (χ3v) is 2.53. The molecule has 0 aliphatic heterocycles. The van der Waals surface area contributed by atoms with Gasteiger partial charge in [-0.05, 0) is 31.0 Å². The molecule has 1 aromatic heterocycles. The van der Waals surface area contributed by atoms with Crippen LogP contribution in [0.3, 0.4) is 0 Å². The van der Waals surface area contributed by atoms with Crippen LogP contribution in [-0.2, 0) is 6.42 Å². The summed E-state index contributed by atoms with van der Waals surface area (Å²) in [7, 11) is 0. The van der Waals surface area contributed by atoms with Crippen molar-refractivity contribution in [3.8, 4) is 0 Å². The monoisotopic (exact) mass is 248 g/mol. The van der Waals surface area contributed by atoms with Gasteiger partial charge < -0.3 is 14.6 Å². The molecule has 0 aliphatic carbocycles. The van der Waals surface area contributed by atoms with E-state index in [1.807, 2.05) is 0 Å². The van der Waals surface area contributed by atoms with Gasteiger partial charge in [-0.25, -0.2) is 4.79 Å². The second-order valence-corrected chi connectivity index (χ2v) is 4.16. The lowest BCUT2D eigenvalue weighted by molar-refractivity contribution is 0.0663. The third kappa shape index (κ3) is 2.41. The van der Waals surface area contributed by atoms with Crippen LogP contribution in [0.1, 0.15) is 23.0 Å². The zero-order valence-corrected chi connectivity index (χ0v) is 9.71. The summed E-state index contributed by atoms with van der Waals surface area (Å²) in [4.78, 5) is 22.5. The van der Waals surface area contributed by atoms with Crippen molar-refractivity contribution < 1.29 is 19.4 Å². The zero-order chi connectivity index (χ0) is 13.3. The average Bonchev–Trinajstić information content (AvgIpc) is 2.28. The number of hydrogen-bond donors (Lipinski definition) is 2. The summed E-state index contributed by atoms with van der Waals surface area (Å²) < 4.78 is 5.10. The molecule has 0 bridgehead atoms. The molecule has 18 heavy (non-hydrogen) atoms. The topological polar surface area (TPSA) is 87.7 Å². The Morgan fingerprint density at radius 1 is 1.39 bits per heavy atom. The molecule has 1 heterocycles. The maximum atomic E-state index is 11.8. The van der Waals surface area contributed by atoms with Crippen molar-refractivity contribution in [2.24, 2.45) is 0 Å². The molecule has 2 N–H and O–H groups in total. The smallest absolute Gasteiger partial charge is 0.371 e. The van der Waals surface area contributed by atoms with E-state index in [1.54, 1.807) is 25.1 Å². The SMILES string of the molecule is C[C@H](O)Cc1ccc2oc(C(=O)O)cc(=O)c2c1. The highest BCUT2D eigenvalue weighted by molar-refractivity contribution is 5.87. The maximum Gasteiger partial charge on any atom is 0.371 e. The Labute approximate surface area is 102 Å². The van der Waals surface area contributed by atoms with Crippen LogP contribution in [-0.4, -0.2) is 22.3 Å². The number of hydrogen-bond acceptors (Lipinski definition) is 4. The highest BCUT2D eigenvalue weighted by atomic mass is 16.4. The van der Waals surface area contributed by atoms with Crippen LogP contribution in [0.25, 0.3) is 11.0 Å². The number of benzene rings is 1. The summed E-state index contributed by atoms with van der Waals surface area (Å²) in [6, 6.07) is 5.81. The van der Waals surface area contributed by atoms with Crippen LogP contribution >= 0.6 is 0 Å². The molecule has 2 rings (SSSR count). The fourth-order valence-electron chi connectivity index (χ4n) is 1.78. The van der Waals surface area contributed by atoms with Gasteiger partial charge in [-0.3, -0.25) is 4.79 Å². The van der Waals surface area contributed by atoms with E-state index in [1.165, 1.54) is 0 Å². The Kier molecular flexibility index (Phi) is 3.16. The molecular formula is C13H12O5. The lowest BCUT2D eigenvalue weighted by atomic mass is 10.1. The summed E-state index contributed by atoms with van der Waals surface area (Å²) >= 11 is 0. The van der Waals surface area contributed by atoms with Crippen molar-refractivity contribution in [2.75, 3.05) is 0 Å². The van der Waals surface area contributed by atoms with Gasteiger partial charge in [-0.2, -0.15) is 0 Å². The van der Waals surface area contributed by atoms with E-state index in [4.69, 9.17) is 9.52 Å². The van der Waals surface area contributed by atoms with Gasteiger partial charge in [-0.1, -0.05) is 6.07 Å². The summed E-state index contributed by atoms with van der Waals surface area (Å²) in [5.74, 6) is -1.65. The van der Waals surface area contributed by atoms with Gasteiger partial charge in [0.15, 0.2) is 5.43 Å². The number of carboxylic acids is 1. The maximum absolute atomic E-state index is 11.8. The molecule has 0 spiro atoms. The van der Waals surface area contributed by atoms with Crippen LogP contribution in [0.4, 0.5) is 0 Å². The van der Waals surface area contributed by atoms with Crippen LogP contribution in [0.2, 0.25) is 0 Å². The minimum Gasteiger partial charge on any atom is -0.475 e. The second kappa shape index (κ2) is 4.62. The Hall–Kier alpha value is -2.14. The van der Waals surface area contributed by atoms with Crippen molar-refractivity contribution in [3.63, 3.8) is 0 Å². The second-order valence-electron chi connectivity index (χ2n) is 4.16. The molecule has 0 unspecified atom stereocenters. The summed E-state index contributed by atoms with van der Waals surface area (Å²) in [6.45, 7) is 1.65. The molecule has 94 valence electrons. The molecule has 0 aliphatic rings. The van der Waals surface area contributed by atoms with Gasteiger partial charge in [0.1, 0.15) is 5.58 Å². The van der Waals surface area contributed by atoms with E-state index in [2.05, 4.69) is 0 Å². The van der Waals surface area contributed by atoms with E-state index in [0.717, 1.165) is 11.6 Å². The fourth-order valence-corrected chi connectivity index (χ4v) is 1.78. The molecule has 1 aromatic carbocycles. The first-order chi connectivity index (χ1) is 8.47. The summed E-state index contributed by atoms with van der Waals surface area (Å²) in [6.07, 6.45) is -0.0800. The first kappa shape index (κ1) is 12.3. The molecule has 0 fully saturated rings. The number of aliphatic hydroxyl groups is 1. The Morgan fingerprint density at radius 2 is 2.11 bits per heavy atom. The van der Waals surface area contributed by atoms with E-state index in [9.17, 15) is 14.7 Å². The lowest BCUT2D eigenvalue weighted by Gasteiger charge is -2.05. The van der Waals surface area contributed by atoms with Crippen molar-refractivity contribution in [2.45, 2.75) is 19.4 Å². The molecule has 0 amide bonds. The first-order valence-corrected chi connectivity index (χ1v) is 5.45. The van der Waals surface area contributed by atoms with Crippen LogP contribution in [0.15, 0.2) is 33.5 Å². The quantitative estimate of drug-likeness (QED) is 0.857. The molecule has 5 nitrogen and oxygen atoms in total. The number of carboxylic acid groups (broad SMARTS) is 1. The predicted molar refractivity (Wildman–Crippen MR) is 64.8 cm³/mol. The molecule has 5 heteroatoms. The zero-order valence-electron chi connectivity index (χ0n) is 9.71. The molecule has 0 saturated carbocycles. The third-order valence-electron chi connectivity index (χ3n) is 2.53. The Bertz CT molecular complexity index is 654. The highest BCUT2D eigenvalue weighted by Crippen LogP contribution is 2.15. The molecule has 0 saturated heterocycles. The van der Waals surface area contributed by atoms with Gasteiger partial charge in [0.05, 0.1) is 11.5 Å². The molecule has 2 aromatic rings. The molecule has 1 atom stereocenters. The number of aliphatic hydroxyl groups excluding tert-OH is 1. The Balaban J connectivity index is 2.58. The van der Waals surface area contributed by atoms with Crippen LogP contribution in [0.5, 0.6) is 0 Å². The van der Waals surface area contributed by atoms with E-state index >= 15 is 0 Å². The standard InChI is InChI=1S/C13H12O5/c1-7(14)4-8-2-3-11-9(5-8)10(15)6-12(18-11)13(16)17/h2-3,5-7,14H,4H2,1H3,(H,16,17)/t7-/m0/s1. The minimum absolute atomic E-state index is 0.231. The van der Waals surface area contributed by atoms with Crippen molar-refractivity contribution in [1.29, 1.82) is 0 Å². The highest BCUT2D eigenvalue weighted by Gasteiger charge is 2.11. The van der Waals surface area contributed by atoms with E-state index in [0.29, 0.717) is 11.8 Å². The Morgan fingerprint density at radius 3 is 2.72 bits per heavy atom. The molecular weight excluding hydrogens is 236 g/mol. The fraction of sp³-hybridized carbons (Fsp3) is 0.231. The van der Waals surface area contributed by atoms with Gasteiger partial charge in [0.25, 0.3) is 0 Å². The van der Waals surface area contributed by atoms with Gasteiger partial charge in [-0.15, -0.1) is 0 Å². The summed E-state index contributed by atoms with van der Waals surface area (Å²) in [5.41, 5.74) is 0.628. The minimum atomic E-state index is -1.28. The largest absolute Gasteiger partial charge is 0.475 e. The van der Waals surface area contributed by atoms with Crippen molar-refractivity contribution in [3.05, 3.63) is 45.8 Å². The number of carbonyl (C=O) groups is 1. The number of fused-ring (bicyclic) bond motifs is 1. The normalized spacial score (nSPS) is 12.6. The van der Waals surface area contributed by atoms with Crippen LogP contribution < -0.4 is 5.43 Å².